The van der Waals surface area contributed by atoms with Crippen molar-refractivity contribution in [3.8, 4) is 34.5 Å². The quantitative estimate of drug-likeness (QED) is 0.128. The second-order valence-corrected chi connectivity index (χ2v) is 10.1. The maximum atomic E-state index is 13.5. The predicted molar refractivity (Wildman–Crippen MR) is 160 cm³/mol. The van der Waals surface area contributed by atoms with Gasteiger partial charge in [-0.25, -0.2) is 0 Å². The Morgan fingerprint density at radius 1 is 0.814 bits per heavy atom. The zero-order valence-electron chi connectivity index (χ0n) is 24.0. The molecule has 2 aliphatic heterocycles. The van der Waals surface area contributed by atoms with Gasteiger partial charge in [0.15, 0.2) is 17.3 Å². The van der Waals surface area contributed by atoms with Crippen LogP contribution in [0, 0.1) is 0 Å². The third kappa shape index (κ3) is 5.39. The van der Waals surface area contributed by atoms with E-state index in [1.807, 2.05) is 66.7 Å². The van der Waals surface area contributed by atoms with Gasteiger partial charge in [0.1, 0.15) is 23.0 Å². The van der Waals surface area contributed by atoms with Crippen LogP contribution >= 0.6 is 0 Å². The number of fused-ring (bicyclic) bond motifs is 3. The lowest BCUT2D eigenvalue weighted by molar-refractivity contribution is -0.135. The number of hydrogen-bond acceptors (Lipinski definition) is 8. The largest absolute Gasteiger partial charge is 0.497 e. The monoisotopic (exact) mass is 578 g/mol. The van der Waals surface area contributed by atoms with Crippen LogP contribution in [-0.4, -0.2) is 39.7 Å². The van der Waals surface area contributed by atoms with Gasteiger partial charge in [0.2, 0.25) is 5.78 Å². The third-order valence-corrected chi connectivity index (χ3v) is 7.61. The van der Waals surface area contributed by atoms with Crippen molar-refractivity contribution in [1.82, 2.24) is 0 Å². The van der Waals surface area contributed by atoms with Gasteiger partial charge in [0.25, 0.3) is 0 Å². The number of rotatable bonds is 9. The first-order chi connectivity index (χ1) is 21.0. The Kier molecular flexibility index (Phi) is 7.75. The molecule has 1 atom stereocenters. The summed E-state index contributed by atoms with van der Waals surface area (Å²) in [6, 6.07) is 24.0. The molecule has 0 saturated carbocycles. The van der Waals surface area contributed by atoms with Gasteiger partial charge >= 0.3 is 5.97 Å². The van der Waals surface area contributed by atoms with E-state index in [1.54, 1.807) is 39.5 Å². The Labute approximate surface area is 249 Å². The maximum absolute atomic E-state index is 13.5. The van der Waals surface area contributed by atoms with Crippen LogP contribution in [0.3, 0.4) is 0 Å². The lowest BCUT2D eigenvalue weighted by atomic mass is 9.84. The Morgan fingerprint density at radius 3 is 2.35 bits per heavy atom. The molecule has 2 aliphatic rings. The van der Waals surface area contributed by atoms with Gasteiger partial charge in [0, 0.05) is 29.0 Å². The van der Waals surface area contributed by atoms with Gasteiger partial charge in [-0.3, -0.25) is 9.59 Å². The standard InChI is InChI=1S/C35H30O8/c1-38-23-13-11-21(12-14-23)17-18-41-34-24(8-6-10-29(34)40-3)26-20-31(36)42-28-16-15-25-33(37)30(43-35(25)32(26)28)19-22-7-4-5-9-27(22)39-2/h4-16,19,26H,17-18,20H2,1-3H3. The first kappa shape index (κ1) is 27.9. The van der Waals surface area contributed by atoms with Gasteiger partial charge in [-0.05, 0) is 48.0 Å². The maximum Gasteiger partial charge on any atom is 0.312 e. The molecule has 4 aromatic carbocycles. The van der Waals surface area contributed by atoms with Crippen molar-refractivity contribution in [3.63, 3.8) is 0 Å². The van der Waals surface area contributed by atoms with Crippen LogP contribution in [0.15, 0.2) is 84.6 Å². The molecule has 0 fully saturated rings. The smallest absolute Gasteiger partial charge is 0.312 e. The predicted octanol–water partition coefficient (Wildman–Crippen LogP) is 6.39. The van der Waals surface area contributed by atoms with Crippen molar-refractivity contribution in [2.45, 2.75) is 18.8 Å². The summed E-state index contributed by atoms with van der Waals surface area (Å²) in [5.74, 6) is 2.18. The van der Waals surface area contributed by atoms with Crippen LogP contribution in [0.25, 0.3) is 6.08 Å². The minimum Gasteiger partial charge on any atom is -0.497 e. The lowest BCUT2D eigenvalue weighted by Gasteiger charge is -2.28. The highest BCUT2D eigenvalue weighted by Gasteiger charge is 2.40. The number of benzene rings is 4. The van der Waals surface area contributed by atoms with E-state index in [2.05, 4.69) is 0 Å². The van der Waals surface area contributed by atoms with E-state index >= 15 is 0 Å². The van der Waals surface area contributed by atoms with Crippen molar-refractivity contribution in [1.29, 1.82) is 0 Å². The zero-order valence-corrected chi connectivity index (χ0v) is 24.0. The number of ether oxygens (including phenoxy) is 6. The Morgan fingerprint density at radius 2 is 1.58 bits per heavy atom. The van der Waals surface area contributed by atoms with Gasteiger partial charge in [0.05, 0.1) is 39.9 Å². The summed E-state index contributed by atoms with van der Waals surface area (Å²) in [5, 5.41) is 0. The van der Waals surface area contributed by atoms with Gasteiger partial charge in [-0.15, -0.1) is 0 Å². The fourth-order valence-electron chi connectivity index (χ4n) is 5.48. The highest BCUT2D eigenvalue weighted by molar-refractivity contribution is 6.15. The molecule has 0 aliphatic carbocycles. The van der Waals surface area contributed by atoms with E-state index in [4.69, 9.17) is 28.4 Å². The van der Waals surface area contributed by atoms with Crippen LogP contribution < -0.4 is 28.4 Å². The Hall–Kier alpha value is -5.24. The number of methoxy groups -OCH3 is 3. The van der Waals surface area contributed by atoms with E-state index < -0.39 is 11.9 Å². The third-order valence-electron chi connectivity index (χ3n) is 7.61. The zero-order chi connectivity index (χ0) is 29.9. The van der Waals surface area contributed by atoms with Gasteiger partial charge in [-0.2, -0.15) is 0 Å². The summed E-state index contributed by atoms with van der Waals surface area (Å²) < 4.78 is 34.6. The number of Topliss-reactive ketones (excluding diaryl/α,β-unsaturated/α-hetero) is 1. The van der Waals surface area contributed by atoms with Crippen LogP contribution in [0.4, 0.5) is 0 Å². The second-order valence-electron chi connectivity index (χ2n) is 10.1. The highest BCUT2D eigenvalue weighted by Crippen LogP contribution is 2.51. The minimum absolute atomic E-state index is 0.0363. The number of esters is 1. The first-order valence-electron chi connectivity index (χ1n) is 13.9. The van der Waals surface area contributed by atoms with Gasteiger partial charge in [-0.1, -0.05) is 42.5 Å². The topological polar surface area (TPSA) is 89.5 Å². The molecule has 4 aromatic rings. The van der Waals surface area contributed by atoms with E-state index in [0.717, 1.165) is 16.9 Å². The molecule has 0 spiro atoms. The summed E-state index contributed by atoms with van der Waals surface area (Å²) in [7, 11) is 4.78. The summed E-state index contributed by atoms with van der Waals surface area (Å²) in [6.07, 6.45) is 2.35. The number of hydrogen-bond donors (Lipinski definition) is 0. The summed E-state index contributed by atoms with van der Waals surface area (Å²) in [5.41, 5.74) is 3.54. The number of allylic oxidation sites excluding steroid dienone is 1. The molecular weight excluding hydrogens is 548 g/mol. The highest BCUT2D eigenvalue weighted by atomic mass is 16.5. The molecular formula is C35H30O8. The van der Waals surface area contributed by atoms with Crippen molar-refractivity contribution >= 4 is 17.8 Å². The van der Waals surface area contributed by atoms with E-state index in [9.17, 15) is 9.59 Å². The molecule has 2 heterocycles. The van der Waals surface area contributed by atoms with Crippen LogP contribution in [0.5, 0.6) is 34.5 Å². The molecule has 6 rings (SSSR count). The SMILES string of the molecule is COc1ccc(CCOc2c(OC)cccc2C2CC(=O)Oc3ccc4c(c32)OC(=Cc2ccccc2OC)C4=O)cc1. The van der Waals surface area contributed by atoms with Crippen molar-refractivity contribution < 1.29 is 38.0 Å². The van der Waals surface area contributed by atoms with E-state index in [1.165, 1.54) is 0 Å². The second kappa shape index (κ2) is 11.9. The van der Waals surface area contributed by atoms with Crippen LogP contribution in [-0.2, 0) is 11.2 Å². The van der Waals surface area contributed by atoms with E-state index in [0.29, 0.717) is 58.5 Å². The number of ketones is 1. The summed E-state index contributed by atoms with van der Waals surface area (Å²) in [4.78, 5) is 26.3. The fraction of sp³-hybridized carbons (Fsp3) is 0.200. The first-order valence-corrected chi connectivity index (χ1v) is 13.9. The fourth-order valence-corrected chi connectivity index (χ4v) is 5.48. The van der Waals surface area contributed by atoms with Crippen LogP contribution in [0.1, 0.15) is 45.0 Å². The molecule has 0 bridgehead atoms. The normalized spacial score (nSPS) is 16.2. The molecule has 0 radical (unpaired) electrons. The molecule has 0 amide bonds. The average molecular weight is 579 g/mol. The molecule has 8 heteroatoms. The molecule has 43 heavy (non-hydrogen) atoms. The van der Waals surface area contributed by atoms with Crippen molar-refractivity contribution in [3.05, 3.63) is 112 Å². The minimum atomic E-state index is -0.504. The van der Waals surface area contributed by atoms with E-state index in [-0.39, 0.29) is 18.0 Å². The molecule has 8 nitrogen and oxygen atoms in total. The Balaban J connectivity index is 1.36. The molecule has 0 aromatic heterocycles. The van der Waals surface area contributed by atoms with Crippen molar-refractivity contribution in [2.75, 3.05) is 27.9 Å². The number of carbonyl (C=O) groups excluding carboxylic acids is 2. The summed E-state index contributed by atoms with van der Waals surface area (Å²) in [6.45, 7) is 0.372. The molecule has 0 saturated heterocycles. The van der Waals surface area contributed by atoms with Gasteiger partial charge < -0.3 is 28.4 Å². The Bertz CT molecular complexity index is 1720. The van der Waals surface area contributed by atoms with Crippen molar-refractivity contribution in [2.24, 2.45) is 0 Å². The molecule has 0 N–H and O–H groups in total. The molecule has 1 unspecified atom stereocenters. The number of para-hydroxylation sites is 2. The summed E-state index contributed by atoms with van der Waals surface area (Å²) >= 11 is 0. The average Bonchev–Trinajstić information content (AvgIpc) is 3.35. The number of carbonyl (C=O) groups is 2. The van der Waals surface area contributed by atoms with Crippen LogP contribution in [0.2, 0.25) is 0 Å². The lowest BCUT2D eigenvalue weighted by Crippen LogP contribution is -2.22. The molecule has 218 valence electrons.